The normalized spacial score (nSPS) is 10.9. The molecule has 0 aromatic carbocycles. The van der Waals surface area contributed by atoms with Gasteiger partial charge in [-0.3, -0.25) is 9.59 Å². The Hall–Kier alpha value is -1.02. The molecule has 0 bridgehead atoms. The van der Waals surface area contributed by atoms with Crippen LogP contribution in [0.4, 0.5) is 0 Å². The van der Waals surface area contributed by atoms with Gasteiger partial charge in [0.2, 0.25) is 5.91 Å². The predicted molar refractivity (Wildman–Crippen MR) is 109 cm³/mol. The number of carbonyl (C=O) groups is 2. The smallest absolute Gasteiger partial charge is 0.220 e. The van der Waals surface area contributed by atoms with Gasteiger partial charge in [0.25, 0.3) is 0 Å². The number of hydrogen-bond acceptors (Lipinski definition) is 6. The van der Waals surface area contributed by atoms with Crippen molar-refractivity contribution in [2.24, 2.45) is 11.1 Å². The highest BCUT2D eigenvalue weighted by atomic mass is 16.5. The fourth-order valence-corrected chi connectivity index (χ4v) is 1.82. The molecule has 0 heterocycles. The van der Waals surface area contributed by atoms with Gasteiger partial charge in [0, 0.05) is 38.0 Å². The van der Waals surface area contributed by atoms with E-state index in [0.717, 1.165) is 12.8 Å². The maximum atomic E-state index is 11.7. The first-order chi connectivity index (χ1) is 12.9. The zero-order valence-electron chi connectivity index (χ0n) is 18.1. The summed E-state index contributed by atoms with van der Waals surface area (Å²) in [5.74, 6) is 0.0198. The summed E-state index contributed by atoms with van der Waals surface area (Å²) < 4.78 is 16.1. The summed E-state index contributed by atoms with van der Waals surface area (Å²) in [5, 5.41) is 2.80. The Labute approximate surface area is 165 Å². The molecule has 7 heteroatoms. The molecule has 0 aromatic rings. The van der Waals surface area contributed by atoms with Crippen LogP contribution in [0.15, 0.2) is 0 Å². The van der Waals surface area contributed by atoms with Gasteiger partial charge in [-0.15, -0.1) is 0 Å². The van der Waals surface area contributed by atoms with Gasteiger partial charge < -0.3 is 25.3 Å². The summed E-state index contributed by atoms with van der Waals surface area (Å²) in [6.45, 7) is 14.2. The Morgan fingerprint density at radius 2 is 1.30 bits per heavy atom. The monoisotopic (exact) mass is 390 g/mol. The number of ketones is 1. The number of hydrogen-bond donors (Lipinski definition) is 2. The molecule has 3 N–H and O–H groups in total. The molecule has 0 spiro atoms. The number of rotatable bonds is 16. The molecule has 0 unspecified atom stereocenters. The third-order valence-corrected chi connectivity index (χ3v) is 3.44. The van der Waals surface area contributed by atoms with Crippen molar-refractivity contribution in [3.8, 4) is 0 Å². The minimum absolute atomic E-state index is 0.0874. The molecule has 0 radical (unpaired) electrons. The highest BCUT2D eigenvalue weighted by Gasteiger charge is 2.21. The minimum atomic E-state index is -0.382. The van der Waals surface area contributed by atoms with Crippen molar-refractivity contribution in [2.45, 2.75) is 60.3 Å². The molecule has 0 fully saturated rings. The van der Waals surface area contributed by atoms with Crippen LogP contribution in [-0.4, -0.2) is 64.4 Å². The summed E-state index contributed by atoms with van der Waals surface area (Å²) in [4.78, 5) is 23.4. The average Bonchev–Trinajstić information content (AvgIpc) is 2.64. The largest absolute Gasteiger partial charge is 0.379 e. The lowest BCUT2D eigenvalue weighted by Gasteiger charge is -2.16. The number of ether oxygens (including phenoxy) is 3. The molecule has 7 nitrogen and oxygen atoms in total. The first-order valence-electron chi connectivity index (χ1n) is 10.1. The van der Waals surface area contributed by atoms with E-state index in [0.29, 0.717) is 59.2 Å². The van der Waals surface area contributed by atoms with Gasteiger partial charge in [-0.2, -0.15) is 0 Å². The summed E-state index contributed by atoms with van der Waals surface area (Å²) in [6, 6.07) is 0. The van der Waals surface area contributed by atoms with Gasteiger partial charge in [0.1, 0.15) is 5.78 Å². The molecule has 0 aliphatic rings. The molecule has 0 aliphatic carbocycles. The van der Waals surface area contributed by atoms with Crippen LogP contribution in [0.3, 0.4) is 0 Å². The average molecular weight is 391 g/mol. The quantitative estimate of drug-likeness (QED) is 0.392. The molecule has 162 valence electrons. The fourth-order valence-electron chi connectivity index (χ4n) is 1.82. The van der Waals surface area contributed by atoms with E-state index in [-0.39, 0.29) is 23.5 Å². The van der Waals surface area contributed by atoms with Crippen molar-refractivity contribution in [3.05, 3.63) is 0 Å². The van der Waals surface area contributed by atoms with E-state index in [1.165, 1.54) is 0 Å². The molecule has 0 aromatic heterocycles. The second-order valence-corrected chi connectivity index (χ2v) is 6.86. The van der Waals surface area contributed by atoms with Crippen molar-refractivity contribution in [2.75, 3.05) is 52.7 Å². The number of carbonyl (C=O) groups excluding carboxylic acids is 2. The SMILES string of the molecule is CC.CC(C)(C)C(=O)CCC(=O)NCCCOCCOCCOCCCN. The molecule has 0 aliphatic heterocycles. The van der Waals surface area contributed by atoms with Gasteiger partial charge in [0.05, 0.1) is 26.4 Å². The number of nitrogens with one attached hydrogen (secondary N) is 1. The summed E-state index contributed by atoms with van der Waals surface area (Å²) >= 11 is 0. The van der Waals surface area contributed by atoms with Gasteiger partial charge in [-0.1, -0.05) is 34.6 Å². The van der Waals surface area contributed by atoms with Crippen LogP contribution in [0.25, 0.3) is 0 Å². The molecular weight excluding hydrogens is 348 g/mol. The van der Waals surface area contributed by atoms with E-state index in [4.69, 9.17) is 19.9 Å². The lowest BCUT2D eigenvalue weighted by molar-refractivity contribution is -0.129. The molecule has 27 heavy (non-hydrogen) atoms. The maximum Gasteiger partial charge on any atom is 0.220 e. The molecule has 0 saturated heterocycles. The number of amides is 1. The lowest BCUT2D eigenvalue weighted by atomic mass is 9.88. The van der Waals surface area contributed by atoms with Crippen molar-refractivity contribution in [3.63, 3.8) is 0 Å². The zero-order chi connectivity index (χ0) is 21.0. The van der Waals surface area contributed by atoms with E-state index < -0.39 is 0 Å². The van der Waals surface area contributed by atoms with Gasteiger partial charge in [-0.25, -0.2) is 0 Å². The topological polar surface area (TPSA) is 99.9 Å². The van der Waals surface area contributed by atoms with Gasteiger partial charge in [-0.05, 0) is 19.4 Å². The summed E-state index contributed by atoms with van der Waals surface area (Å²) in [7, 11) is 0. The molecule has 1 amide bonds. The Kier molecular flexibility index (Phi) is 20.6. The van der Waals surface area contributed by atoms with Gasteiger partial charge >= 0.3 is 0 Å². The van der Waals surface area contributed by atoms with Crippen LogP contribution >= 0.6 is 0 Å². The number of nitrogens with two attached hydrogens (primary N) is 1. The highest BCUT2D eigenvalue weighted by molar-refractivity contribution is 5.88. The Morgan fingerprint density at radius 3 is 1.78 bits per heavy atom. The van der Waals surface area contributed by atoms with E-state index in [2.05, 4.69) is 5.32 Å². The molecule has 0 rings (SSSR count). The van der Waals surface area contributed by atoms with Crippen LogP contribution in [-0.2, 0) is 23.8 Å². The minimum Gasteiger partial charge on any atom is -0.379 e. The predicted octanol–water partition coefficient (Wildman–Crippen LogP) is 2.31. The molecular formula is C20H42N2O5. The summed E-state index contributed by atoms with van der Waals surface area (Å²) in [6.07, 6.45) is 2.14. The Morgan fingerprint density at radius 1 is 0.815 bits per heavy atom. The number of Topliss-reactive ketones (excluding diaryl/α,β-unsaturated/α-hetero) is 1. The van der Waals surface area contributed by atoms with Crippen molar-refractivity contribution >= 4 is 11.7 Å². The van der Waals surface area contributed by atoms with Crippen molar-refractivity contribution in [1.82, 2.24) is 5.32 Å². The molecule has 0 atom stereocenters. The van der Waals surface area contributed by atoms with Crippen molar-refractivity contribution in [1.29, 1.82) is 0 Å². The second kappa shape index (κ2) is 19.7. The summed E-state index contributed by atoms with van der Waals surface area (Å²) in [5.41, 5.74) is 4.97. The van der Waals surface area contributed by atoms with Gasteiger partial charge in [0.15, 0.2) is 0 Å². The third kappa shape index (κ3) is 21.1. The van der Waals surface area contributed by atoms with Crippen molar-refractivity contribution < 1.29 is 23.8 Å². The van der Waals surface area contributed by atoms with Crippen LogP contribution in [0.1, 0.15) is 60.3 Å². The van der Waals surface area contributed by atoms with E-state index >= 15 is 0 Å². The van der Waals surface area contributed by atoms with E-state index in [9.17, 15) is 9.59 Å². The van der Waals surface area contributed by atoms with Crippen LogP contribution in [0.2, 0.25) is 0 Å². The van der Waals surface area contributed by atoms with E-state index in [1.807, 2.05) is 34.6 Å². The Bertz CT molecular complexity index is 357. The first kappa shape index (κ1) is 28.2. The Balaban J connectivity index is 0. The zero-order valence-corrected chi connectivity index (χ0v) is 18.1. The molecule has 0 saturated carbocycles. The van der Waals surface area contributed by atoms with Crippen LogP contribution in [0.5, 0.6) is 0 Å². The lowest BCUT2D eigenvalue weighted by Crippen LogP contribution is -2.27. The van der Waals surface area contributed by atoms with Crippen LogP contribution < -0.4 is 11.1 Å². The first-order valence-corrected chi connectivity index (χ1v) is 10.1. The fraction of sp³-hybridized carbons (Fsp3) is 0.900. The van der Waals surface area contributed by atoms with Crippen LogP contribution in [0, 0.1) is 5.41 Å². The van der Waals surface area contributed by atoms with E-state index in [1.54, 1.807) is 0 Å². The third-order valence-electron chi connectivity index (χ3n) is 3.44. The standard InChI is InChI=1S/C18H36N2O5.C2H6/c1-18(2,3)16(21)6-7-17(22)20-9-5-11-24-13-15-25-14-12-23-10-4-8-19;1-2/h4-15,19H2,1-3H3,(H,20,22);1-2H3. The maximum absolute atomic E-state index is 11.7. The highest BCUT2D eigenvalue weighted by Crippen LogP contribution is 2.17. The second-order valence-electron chi connectivity index (χ2n) is 6.86.